The summed E-state index contributed by atoms with van der Waals surface area (Å²) in [5.74, 6) is 0. The van der Waals surface area contributed by atoms with Gasteiger partial charge in [-0.1, -0.05) is 24.4 Å². The Labute approximate surface area is 125 Å². The molecule has 0 aliphatic heterocycles. The van der Waals surface area contributed by atoms with E-state index in [1.54, 1.807) is 0 Å². The Bertz CT molecular complexity index is 622. The summed E-state index contributed by atoms with van der Waals surface area (Å²) < 4.78 is 26.9. The van der Waals surface area contributed by atoms with Crippen molar-refractivity contribution >= 4 is 38.6 Å². The highest BCUT2D eigenvalue weighted by Gasteiger charge is 2.38. The minimum atomic E-state index is -3.85. The molecule has 1 aliphatic carbocycles. The highest BCUT2D eigenvalue weighted by Crippen LogP contribution is 2.37. The molecule has 0 amide bonds. The number of nitrogens with zero attached hydrogens (tertiary/aromatic N) is 1. The maximum Gasteiger partial charge on any atom is 0.300 e. The molecule has 20 heavy (non-hydrogen) atoms. The molecule has 2 rings (SSSR count). The SMILES string of the molecule is NCC1(NS(=O)(=O)c2cc([N+](=O)[O-])c(Cl)s2)CCCC1. The smallest absolute Gasteiger partial charge is 0.300 e. The van der Waals surface area contributed by atoms with Crippen LogP contribution in [-0.2, 0) is 10.0 Å². The Morgan fingerprint density at radius 2 is 2.10 bits per heavy atom. The molecule has 10 heteroatoms. The summed E-state index contributed by atoms with van der Waals surface area (Å²) in [4.78, 5) is 10.0. The molecule has 0 radical (unpaired) electrons. The topological polar surface area (TPSA) is 115 Å². The second-order valence-corrected chi connectivity index (χ2v) is 8.34. The lowest BCUT2D eigenvalue weighted by Gasteiger charge is -2.27. The lowest BCUT2D eigenvalue weighted by molar-refractivity contribution is -0.384. The fourth-order valence-corrected chi connectivity index (χ4v) is 5.46. The van der Waals surface area contributed by atoms with Crippen LogP contribution in [0.1, 0.15) is 25.7 Å². The van der Waals surface area contributed by atoms with E-state index in [2.05, 4.69) is 4.72 Å². The molecule has 0 bridgehead atoms. The Morgan fingerprint density at radius 3 is 2.55 bits per heavy atom. The molecule has 1 aromatic rings. The molecule has 1 aliphatic rings. The Balaban J connectivity index is 2.31. The van der Waals surface area contributed by atoms with Crippen LogP contribution in [0.4, 0.5) is 5.69 Å². The summed E-state index contributed by atoms with van der Waals surface area (Å²) in [6.07, 6.45) is 3.16. The van der Waals surface area contributed by atoms with Crippen LogP contribution in [0, 0.1) is 10.1 Å². The summed E-state index contributed by atoms with van der Waals surface area (Å²) in [7, 11) is -3.85. The highest BCUT2D eigenvalue weighted by atomic mass is 35.5. The number of nitrogens with two attached hydrogens (primary N) is 1. The summed E-state index contributed by atoms with van der Waals surface area (Å²) >= 11 is 6.37. The van der Waals surface area contributed by atoms with Gasteiger partial charge in [-0.15, -0.1) is 11.3 Å². The van der Waals surface area contributed by atoms with Gasteiger partial charge in [-0.2, -0.15) is 0 Å². The fourth-order valence-electron chi connectivity index (χ4n) is 2.33. The van der Waals surface area contributed by atoms with Crippen LogP contribution >= 0.6 is 22.9 Å². The molecule has 112 valence electrons. The quantitative estimate of drug-likeness (QED) is 0.627. The van der Waals surface area contributed by atoms with E-state index >= 15 is 0 Å². The molecule has 0 aromatic carbocycles. The maximum atomic E-state index is 12.3. The zero-order valence-electron chi connectivity index (χ0n) is 10.5. The molecule has 1 heterocycles. The molecule has 1 aromatic heterocycles. The third-order valence-corrected chi connectivity index (χ3v) is 6.80. The average Bonchev–Trinajstić information content (AvgIpc) is 2.96. The molecule has 0 spiro atoms. The Hall–Kier alpha value is -0.740. The summed E-state index contributed by atoms with van der Waals surface area (Å²) in [5, 5.41) is 10.7. The molecule has 0 saturated heterocycles. The van der Waals surface area contributed by atoms with E-state index in [9.17, 15) is 18.5 Å². The van der Waals surface area contributed by atoms with Gasteiger partial charge in [0.15, 0.2) is 4.34 Å². The van der Waals surface area contributed by atoms with E-state index in [1.807, 2.05) is 0 Å². The molecular formula is C10H14ClN3O4S2. The second kappa shape index (κ2) is 5.57. The standard InChI is InChI=1S/C10H14ClN3O4S2/c11-9-7(14(15)16)5-8(19-9)20(17,18)13-10(6-12)3-1-2-4-10/h5,13H,1-4,6,12H2. The Kier molecular flexibility index (Phi) is 4.35. The van der Waals surface area contributed by atoms with Crippen molar-refractivity contribution in [3.8, 4) is 0 Å². The van der Waals surface area contributed by atoms with Gasteiger partial charge in [0.1, 0.15) is 4.21 Å². The number of thiophene rings is 1. The lowest BCUT2D eigenvalue weighted by atomic mass is 10.0. The first kappa shape index (κ1) is 15.6. The fraction of sp³-hybridized carbons (Fsp3) is 0.600. The predicted octanol–water partition coefficient (Wildman–Crippen LogP) is 1.86. The molecule has 1 fully saturated rings. The van der Waals surface area contributed by atoms with Gasteiger partial charge < -0.3 is 5.73 Å². The van der Waals surface area contributed by atoms with Crippen molar-refractivity contribution in [2.24, 2.45) is 5.73 Å². The van der Waals surface area contributed by atoms with Gasteiger partial charge in [-0.25, -0.2) is 13.1 Å². The number of nitro groups is 1. The number of hydrogen-bond donors (Lipinski definition) is 2. The van der Waals surface area contributed by atoms with Gasteiger partial charge >= 0.3 is 0 Å². The van der Waals surface area contributed by atoms with Crippen molar-refractivity contribution in [1.82, 2.24) is 4.72 Å². The molecule has 1 saturated carbocycles. The zero-order valence-corrected chi connectivity index (χ0v) is 12.9. The first-order valence-corrected chi connectivity index (χ1v) is 8.65. The van der Waals surface area contributed by atoms with Gasteiger partial charge in [0, 0.05) is 18.2 Å². The average molecular weight is 340 g/mol. The van der Waals surface area contributed by atoms with Crippen LogP contribution in [0.25, 0.3) is 0 Å². The Morgan fingerprint density at radius 1 is 1.50 bits per heavy atom. The molecule has 0 atom stereocenters. The minimum Gasteiger partial charge on any atom is -0.329 e. The number of sulfonamides is 1. The van der Waals surface area contributed by atoms with Crippen molar-refractivity contribution < 1.29 is 13.3 Å². The maximum absolute atomic E-state index is 12.3. The first-order chi connectivity index (χ1) is 9.30. The van der Waals surface area contributed by atoms with Gasteiger partial charge in [-0.05, 0) is 12.8 Å². The van der Waals surface area contributed by atoms with Crippen LogP contribution in [-0.4, -0.2) is 25.4 Å². The number of halogens is 1. The largest absolute Gasteiger partial charge is 0.329 e. The summed E-state index contributed by atoms with van der Waals surface area (Å²) in [5.41, 5.74) is 4.63. The number of nitrogens with one attached hydrogen (secondary N) is 1. The van der Waals surface area contributed by atoms with E-state index < -0.39 is 26.2 Å². The molecule has 7 nitrogen and oxygen atoms in total. The number of rotatable bonds is 5. The van der Waals surface area contributed by atoms with Crippen molar-refractivity contribution in [2.75, 3.05) is 6.54 Å². The lowest BCUT2D eigenvalue weighted by Crippen LogP contribution is -2.51. The van der Waals surface area contributed by atoms with Crippen molar-refractivity contribution in [1.29, 1.82) is 0 Å². The van der Waals surface area contributed by atoms with Gasteiger partial charge in [0.2, 0.25) is 0 Å². The van der Waals surface area contributed by atoms with E-state index in [-0.39, 0.29) is 15.1 Å². The van der Waals surface area contributed by atoms with Crippen LogP contribution < -0.4 is 10.5 Å². The van der Waals surface area contributed by atoms with E-state index in [0.717, 1.165) is 18.9 Å². The molecule has 0 unspecified atom stereocenters. The molecular weight excluding hydrogens is 326 g/mol. The zero-order chi connectivity index (χ0) is 15.0. The van der Waals surface area contributed by atoms with Crippen LogP contribution in [0.15, 0.2) is 10.3 Å². The third kappa shape index (κ3) is 2.96. The highest BCUT2D eigenvalue weighted by molar-refractivity contribution is 7.91. The van der Waals surface area contributed by atoms with E-state index in [1.165, 1.54) is 0 Å². The molecule has 3 N–H and O–H groups in total. The predicted molar refractivity (Wildman–Crippen MR) is 76.6 cm³/mol. The summed E-state index contributed by atoms with van der Waals surface area (Å²) in [6.45, 7) is 0.202. The van der Waals surface area contributed by atoms with Crippen molar-refractivity contribution in [2.45, 2.75) is 35.4 Å². The second-order valence-electron chi connectivity index (χ2n) is 4.78. The third-order valence-electron chi connectivity index (χ3n) is 3.41. The first-order valence-electron chi connectivity index (χ1n) is 5.97. The van der Waals surface area contributed by atoms with Gasteiger partial charge in [-0.3, -0.25) is 10.1 Å². The van der Waals surface area contributed by atoms with Crippen LogP contribution in [0.5, 0.6) is 0 Å². The summed E-state index contributed by atoms with van der Waals surface area (Å²) in [6, 6.07) is 0.981. The van der Waals surface area contributed by atoms with Crippen molar-refractivity contribution in [3.05, 3.63) is 20.5 Å². The van der Waals surface area contributed by atoms with Crippen molar-refractivity contribution in [3.63, 3.8) is 0 Å². The normalized spacial score (nSPS) is 18.3. The minimum absolute atomic E-state index is 0.149. The van der Waals surface area contributed by atoms with Gasteiger partial charge in [0.05, 0.1) is 4.92 Å². The monoisotopic (exact) mass is 339 g/mol. The van der Waals surface area contributed by atoms with E-state index in [4.69, 9.17) is 17.3 Å². The van der Waals surface area contributed by atoms with Gasteiger partial charge in [0.25, 0.3) is 15.7 Å². The van der Waals surface area contributed by atoms with Crippen LogP contribution in [0.3, 0.4) is 0 Å². The number of hydrogen-bond acceptors (Lipinski definition) is 6. The van der Waals surface area contributed by atoms with Crippen LogP contribution in [0.2, 0.25) is 4.34 Å². The van der Waals surface area contributed by atoms with E-state index in [0.29, 0.717) is 24.2 Å².